The molecule has 2 saturated heterocycles. The van der Waals surface area contributed by atoms with Crippen LogP contribution in [-0.2, 0) is 4.79 Å². The minimum absolute atomic E-state index is 0.0347. The van der Waals surface area contributed by atoms with E-state index < -0.39 is 0 Å². The van der Waals surface area contributed by atoms with Crippen LogP contribution in [0, 0.1) is 17.8 Å². The Hall–Kier alpha value is -2.99. The predicted molar refractivity (Wildman–Crippen MR) is 155 cm³/mol. The normalized spacial score (nSPS) is 20.0. The van der Waals surface area contributed by atoms with E-state index in [1.165, 1.54) is 19.3 Å². The molecule has 5 rings (SSSR count). The number of hydrogen-bond donors (Lipinski definition) is 1. The molecule has 6 nitrogen and oxygen atoms in total. The Kier molecular flexibility index (Phi) is 8.51. The Morgan fingerprint density at radius 3 is 2.03 bits per heavy atom. The van der Waals surface area contributed by atoms with Gasteiger partial charge in [-0.05, 0) is 49.5 Å². The maximum Gasteiger partial charge on any atom is 0.239 e. The quantitative estimate of drug-likeness (QED) is 0.419. The van der Waals surface area contributed by atoms with Crippen molar-refractivity contribution in [2.24, 2.45) is 23.5 Å². The number of rotatable bonds is 8. The standard InChI is InChI=1S/C33H43N3O3/c1-3-22(2)30(34)33(39)36-20-16-24(17-21-36)9-6-8-23-14-18-35(19-15-23)28-13-7-12-27-29(28)32(38)26-11-5-4-10-25(26)31(27)37/h4-5,7,10-13,22-24,30H,3,6,8-9,14-21,34H2,1-2H3/t22-,30+/m1/s1. The van der Waals surface area contributed by atoms with E-state index in [0.29, 0.717) is 34.1 Å². The lowest BCUT2D eigenvalue weighted by Crippen LogP contribution is -2.49. The van der Waals surface area contributed by atoms with E-state index in [1.54, 1.807) is 18.2 Å². The van der Waals surface area contributed by atoms with Crippen LogP contribution in [0.4, 0.5) is 5.69 Å². The molecule has 0 bridgehead atoms. The molecule has 2 N–H and O–H groups in total. The first-order valence-electron chi connectivity index (χ1n) is 15.0. The van der Waals surface area contributed by atoms with Crippen molar-refractivity contribution < 1.29 is 14.4 Å². The average Bonchev–Trinajstić information content (AvgIpc) is 2.99. The smallest absolute Gasteiger partial charge is 0.239 e. The topological polar surface area (TPSA) is 83.7 Å². The molecule has 0 radical (unpaired) electrons. The molecule has 0 aromatic heterocycles. The van der Waals surface area contributed by atoms with Crippen molar-refractivity contribution in [3.63, 3.8) is 0 Å². The van der Waals surface area contributed by atoms with Gasteiger partial charge in [-0.15, -0.1) is 0 Å². The summed E-state index contributed by atoms with van der Waals surface area (Å²) in [7, 11) is 0. The Balaban J connectivity index is 1.09. The van der Waals surface area contributed by atoms with Gasteiger partial charge in [0.25, 0.3) is 0 Å². The van der Waals surface area contributed by atoms with Crippen LogP contribution in [-0.4, -0.2) is 54.6 Å². The lowest BCUT2D eigenvalue weighted by molar-refractivity contribution is -0.135. The van der Waals surface area contributed by atoms with E-state index in [9.17, 15) is 14.4 Å². The summed E-state index contributed by atoms with van der Waals surface area (Å²) in [6, 6.07) is 12.5. The van der Waals surface area contributed by atoms with Gasteiger partial charge in [-0.1, -0.05) is 75.9 Å². The van der Waals surface area contributed by atoms with Crippen molar-refractivity contribution in [3.8, 4) is 0 Å². The van der Waals surface area contributed by atoms with Gasteiger partial charge < -0.3 is 15.5 Å². The van der Waals surface area contributed by atoms with Gasteiger partial charge in [-0.2, -0.15) is 0 Å². The summed E-state index contributed by atoms with van der Waals surface area (Å²) in [5, 5.41) is 0. The molecule has 2 aliphatic heterocycles. The number of anilines is 1. The van der Waals surface area contributed by atoms with E-state index >= 15 is 0 Å². The number of piperidine rings is 2. The van der Waals surface area contributed by atoms with Crippen molar-refractivity contribution in [1.29, 1.82) is 0 Å². The molecule has 6 heteroatoms. The zero-order valence-electron chi connectivity index (χ0n) is 23.5. The predicted octanol–water partition coefficient (Wildman–Crippen LogP) is 5.46. The molecule has 2 atom stereocenters. The maximum atomic E-state index is 13.4. The van der Waals surface area contributed by atoms with E-state index in [1.807, 2.05) is 29.2 Å². The Morgan fingerprint density at radius 2 is 1.41 bits per heavy atom. The van der Waals surface area contributed by atoms with Gasteiger partial charge in [0, 0.05) is 48.6 Å². The molecule has 3 aliphatic rings. The molecular weight excluding hydrogens is 486 g/mol. The number of fused-ring (bicyclic) bond motifs is 2. The second-order valence-corrected chi connectivity index (χ2v) is 11.9. The van der Waals surface area contributed by atoms with Crippen molar-refractivity contribution >= 4 is 23.2 Å². The highest BCUT2D eigenvalue weighted by Crippen LogP contribution is 2.36. The zero-order valence-corrected chi connectivity index (χ0v) is 23.5. The highest BCUT2D eigenvalue weighted by atomic mass is 16.2. The summed E-state index contributed by atoms with van der Waals surface area (Å²) >= 11 is 0. The number of carbonyl (C=O) groups excluding carboxylic acids is 3. The van der Waals surface area contributed by atoms with Gasteiger partial charge in [0.15, 0.2) is 11.6 Å². The van der Waals surface area contributed by atoms with Gasteiger partial charge in [0.2, 0.25) is 5.91 Å². The first-order valence-corrected chi connectivity index (χ1v) is 15.0. The van der Waals surface area contributed by atoms with E-state index in [2.05, 4.69) is 18.7 Å². The molecule has 0 saturated carbocycles. The molecule has 2 aromatic carbocycles. The van der Waals surface area contributed by atoms with Crippen molar-refractivity contribution in [3.05, 3.63) is 64.7 Å². The van der Waals surface area contributed by atoms with Crippen LogP contribution in [0.1, 0.15) is 97.1 Å². The number of amides is 1. The number of carbonyl (C=O) groups is 3. The van der Waals surface area contributed by atoms with Crippen LogP contribution < -0.4 is 10.6 Å². The number of nitrogens with zero attached hydrogens (tertiary/aromatic N) is 2. The van der Waals surface area contributed by atoms with Gasteiger partial charge in [-0.3, -0.25) is 14.4 Å². The molecule has 2 fully saturated rings. The fourth-order valence-electron chi connectivity index (χ4n) is 6.70. The number of ketones is 2. The van der Waals surface area contributed by atoms with Crippen molar-refractivity contribution in [2.45, 2.75) is 71.3 Å². The van der Waals surface area contributed by atoms with Crippen molar-refractivity contribution in [1.82, 2.24) is 4.90 Å². The first kappa shape index (κ1) is 27.6. The van der Waals surface area contributed by atoms with E-state index in [4.69, 9.17) is 5.73 Å². The minimum atomic E-state index is -0.367. The van der Waals surface area contributed by atoms with Crippen LogP contribution in [0.5, 0.6) is 0 Å². The molecule has 208 valence electrons. The third-order valence-electron chi connectivity index (χ3n) is 9.58. The molecule has 1 amide bonds. The first-order chi connectivity index (χ1) is 18.9. The summed E-state index contributed by atoms with van der Waals surface area (Å²) in [5.74, 6) is 1.68. The van der Waals surface area contributed by atoms with Gasteiger partial charge in [0.05, 0.1) is 11.6 Å². The minimum Gasteiger partial charge on any atom is -0.371 e. The van der Waals surface area contributed by atoms with Crippen LogP contribution >= 0.6 is 0 Å². The summed E-state index contributed by atoms with van der Waals surface area (Å²) in [6.45, 7) is 7.68. The van der Waals surface area contributed by atoms with Crippen molar-refractivity contribution in [2.75, 3.05) is 31.1 Å². The second-order valence-electron chi connectivity index (χ2n) is 11.9. The molecule has 39 heavy (non-hydrogen) atoms. The largest absolute Gasteiger partial charge is 0.371 e. The Bertz CT molecular complexity index is 1210. The lowest BCUT2D eigenvalue weighted by Gasteiger charge is -2.36. The van der Waals surface area contributed by atoms with E-state index in [-0.39, 0.29) is 29.4 Å². The van der Waals surface area contributed by atoms with Gasteiger partial charge in [0.1, 0.15) is 0 Å². The average molecular weight is 530 g/mol. The Morgan fingerprint density at radius 1 is 0.846 bits per heavy atom. The highest BCUT2D eigenvalue weighted by Gasteiger charge is 2.33. The number of nitrogens with two attached hydrogens (primary N) is 1. The van der Waals surface area contributed by atoms with Crippen LogP contribution in [0.15, 0.2) is 42.5 Å². The van der Waals surface area contributed by atoms with Gasteiger partial charge >= 0.3 is 0 Å². The zero-order chi connectivity index (χ0) is 27.5. The SMILES string of the molecule is CC[C@@H](C)[C@H](N)C(=O)N1CCC(CCCC2CCN(c3cccc4c3C(=O)c3ccccc3C4=O)CC2)CC1. The molecule has 1 aliphatic carbocycles. The molecule has 0 spiro atoms. The van der Waals surface area contributed by atoms with Gasteiger partial charge in [-0.25, -0.2) is 0 Å². The summed E-state index contributed by atoms with van der Waals surface area (Å²) in [5.41, 5.74) is 9.24. The fraction of sp³-hybridized carbons (Fsp3) is 0.545. The van der Waals surface area contributed by atoms with Crippen LogP contribution in [0.25, 0.3) is 0 Å². The summed E-state index contributed by atoms with van der Waals surface area (Å²) in [4.78, 5) is 43.5. The molecule has 0 unspecified atom stereocenters. The van der Waals surface area contributed by atoms with Crippen LogP contribution in [0.2, 0.25) is 0 Å². The lowest BCUT2D eigenvalue weighted by atomic mass is 9.82. The molecule has 2 heterocycles. The monoisotopic (exact) mass is 529 g/mol. The molecule has 2 aromatic rings. The van der Waals surface area contributed by atoms with E-state index in [0.717, 1.165) is 64.0 Å². The third kappa shape index (κ3) is 5.67. The third-order valence-corrected chi connectivity index (χ3v) is 9.58. The maximum absolute atomic E-state index is 13.4. The fourth-order valence-corrected chi connectivity index (χ4v) is 6.70. The highest BCUT2D eigenvalue weighted by molar-refractivity contribution is 6.30. The second kappa shape index (κ2) is 12.0. The summed E-state index contributed by atoms with van der Waals surface area (Å²) in [6.07, 6.45) is 9.05. The summed E-state index contributed by atoms with van der Waals surface area (Å²) < 4.78 is 0. The number of hydrogen-bond acceptors (Lipinski definition) is 5. The molecular formula is C33H43N3O3. The van der Waals surface area contributed by atoms with Crippen LogP contribution in [0.3, 0.4) is 0 Å². The number of benzene rings is 2. The Labute approximate surface area is 232 Å². The number of likely N-dealkylation sites (tertiary alicyclic amines) is 1.